The number of fused-ring (bicyclic) bond motifs is 3. The van der Waals surface area contributed by atoms with Crippen LogP contribution in [0.3, 0.4) is 0 Å². The number of amides is 2. The fraction of sp³-hybridized carbons (Fsp3) is 0.400. The Kier molecular flexibility index (Phi) is 5.65. The molecule has 3 unspecified atom stereocenters. The van der Waals surface area contributed by atoms with Crippen LogP contribution in [0.5, 0.6) is 0 Å². The number of furan rings is 1. The molecular weight excluding hydrogens is 446 g/mol. The minimum absolute atomic E-state index is 0.0440. The molecule has 2 amide bonds. The summed E-state index contributed by atoms with van der Waals surface area (Å²) in [5.74, 6) is 1.19. The molecule has 2 N–H and O–H groups in total. The van der Waals surface area contributed by atoms with Crippen LogP contribution < -0.4 is 10.9 Å². The van der Waals surface area contributed by atoms with Crippen molar-refractivity contribution in [3.63, 3.8) is 0 Å². The van der Waals surface area contributed by atoms with Crippen molar-refractivity contribution in [1.29, 1.82) is 0 Å². The highest BCUT2D eigenvalue weighted by molar-refractivity contribution is 5.92. The van der Waals surface area contributed by atoms with Gasteiger partial charge in [-0.3, -0.25) is 15.0 Å². The van der Waals surface area contributed by atoms with Gasteiger partial charge in [-0.1, -0.05) is 30.3 Å². The lowest BCUT2D eigenvalue weighted by Gasteiger charge is -2.37. The molecule has 4 aliphatic rings. The summed E-state index contributed by atoms with van der Waals surface area (Å²) in [5.41, 5.74) is 8.15. The summed E-state index contributed by atoms with van der Waals surface area (Å²) < 4.78 is 5.21. The van der Waals surface area contributed by atoms with Crippen LogP contribution in [0.15, 0.2) is 70.6 Å². The normalized spacial score (nSPS) is 25.3. The zero-order chi connectivity index (χ0) is 23.8. The molecule has 1 aromatic heterocycles. The predicted molar refractivity (Wildman–Crippen MR) is 128 cm³/mol. The van der Waals surface area contributed by atoms with E-state index in [9.17, 15) is 9.59 Å². The molecule has 0 aliphatic carbocycles. The van der Waals surface area contributed by atoms with Gasteiger partial charge in [-0.2, -0.15) is 5.10 Å². The number of carbonyl (C=O) groups excluding carboxylic acids is 2. The summed E-state index contributed by atoms with van der Waals surface area (Å²) in [4.78, 5) is 31.0. The first-order valence-corrected chi connectivity index (χ1v) is 12.2. The van der Waals surface area contributed by atoms with E-state index in [0.717, 1.165) is 12.3 Å². The van der Waals surface area contributed by atoms with Crippen LogP contribution in [0.4, 0.5) is 0 Å². The topological polar surface area (TPSA) is 96.7 Å². The Balaban J connectivity index is 1.00. The lowest BCUT2D eigenvalue weighted by molar-refractivity contribution is -0.132. The van der Waals surface area contributed by atoms with E-state index < -0.39 is 0 Å². The second kappa shape index (κ2) is 9.10. The number of rotatable bonds is 5. The van der Waals surface area contributed by atoms with Crippen LogP contribution >= 0.6 is 0 Å². The third-order valence-corrected chi connectivity index (χ3v) is 7.23. The monoisotopic (exact) mass is 475 g/mol. The van der Waals surface area contributed by atoms with Gasteiger partial charge >= 0.3 is 0 Å². The largest absolute Gasteiger partial charge is 0.459 e. The number of hydrazine groups is 1. The van der Waals surface area contributed by atoms with Gasteiger partial charge in [0.25, 0.3) is 5.91 Å². The maximum absolute atomic E-state index is 12.9. The summed E-state index contributed by atoms with van der Waals surface area (Å²) in [7, 11) is 0. The van der Waals surface area contributed by atoms with Gasteiger partial charge in [-0.15, -0.1) is 0 Å². The van der Waals surface area contributed by atoms with Crippen LogP contribution in [0.2, 0.25) is 0 Å². The summed E-state index contributed by atoms with van der Waals surface area (Å²) in [5, 5.41) is 6.74. The van der Waals surface area contributed by atoms with Gasteiger partial charge in [0, 0.05) is 51.4 Å². The zero-order valence-electron chi connectivity index (χ0n) is 19.4. The van der Waals surface area contributed by atoms with E-state index in [-0.39, 0.29) is 30.1 Å². The number of hydrazone groups is 1. The lowest BCUT2D eigenvalue weighted by atomic mass is 10.00. The molecule has 6 rings (SSSR count). The molecule has 0 radical (unpaired) electrons. The maximum atomic E-state index is 12.9. The van der Waals surface area contributed by atoms with Crippen molar-refractivity contribution in [3.8, 4) is 0 Å². The molecule has 3 atom stereocenters. The Bertz CT molecular complexity index is 1130. The van der Waals surface area contributed by atoms with Crippen molar-refractivity contribution in [2.45, 2.75) is 37.5 Å². The Morgan fingerprint density at radius 2 is 1.80 bits per heavy atom. The van der Waals surface area contributed by atoms with Crippen LogP contribution in [0.1, 0.15) is 41.4 Å². The summed E-state index contributed by atoms with van der Waals surface area (Å²) in [6.07, 6.45) is 7.56. The van der Waals surface area contributed by atoms with Crippen LogP contribution in [-0.4, -0.2) is 75.7 Å². The Labute approximate surface area is 203 Å². The van der Waals surface area contributed by atoms with Crippen molar-refractivity contribution < 1.29 is 14.0 Å². The molecule has 10 nitrogen and oxygen atoms in total. The highest BCUT2D eigenvalue weighted by atomic mass is 16.3. The van der Waals surface area contributed by atoms with Crippen molar-refractivity contribution in [2.24, 2.45) is 5.10 Å². The van der Waals surface area contributed by atoms with Gasteiger partial charge in [-0.05, 0) is 24.1 Å². The van der Waals surface area contributed by atoms with Gasteiger partial charge < -0.3 is 24.1 Å². The number of amidine groups is 1. The van der Waals surface area contributed by atoms with Gasteiger partial charge in [0.1, 0.15) is 12.0 Å². The number of nitrogens with zero attached hydrogens (tertiary/aromatic N) is 5. The van der Waals surface area contributed by atoms with E-state index in [2.05, 4.69) is 56.3 Å². The Hall–Kier alpha value is -3.79. The first-order valence-electron chi connectivity index (χ1n) is 12.2. The van der Waals surface area contributed by atoms with Gasteiger partial charge in [0.15, 0.2) is 5.76 Å². The summed E-state index contributed by atoms with van der Waals surface area (Å²) in [6, 6.07) is 14.4. The van der Waals surface area contributed by atoms with E-state index in [0.29, 0.717) is 44.8 Å². The molecule has 182 valence electrons. The molecule has 0 bridgehead atoms. The van der Waals surface area contributed by atoms with Crippen molar-refractivity contribution in [3.05, 3.63) is 72.5 Å². The minimum atomic E-state index is -0.124. The van der Waals surface area contributed by atoms with E-state index >= 15 is 0 Å². The van der Waals surface area contributed by atoms with E-state index in [1.807, 2.05) is 17.2 Å². The van der Waals surface area contributed by atoms with Gasteiger partial charge in [0.05, 0.1) is 18.3 Å². The first-order chi connectivity index (χ1) is 17.2. The number of piperazine rings is 1. The quantitative estimate of drug-likeness (QED) is 0.679. The number of carbonyl (C=O) groups is 2. The maximum Gasteiger partial charge on any atom is 0.289 e. The van der Waals surface area contributed by atoms with Crippen LogP contribution in [0, 0.1) is 0 Å². The zero-order valence-corrected chi connectivity index (χ0v) is 19.4. The van der Waals surface area contributed by atoms with E-state index in [4.69, 9.17) is 4.42 Å². The molecule has 4 aliphatic heterocycles. The van der Waals surface area contributed by atoms with E-state index in [1.54, 1.807) is 17.0 Å². The van der Waals surface area contributed by atoms with Crippen molar-refractivity contribution >= 4 is 17.6 Å². The number of nitrogens with one attached hydrogen (secondary N) is 2. The minimum Gasteiger partial charge on any atom is -0.459 e. The Morgan fingerprint density at radius 1 is 1.00 bits per heavy atom. The molecule has 1 aromatic carbocycles. The molecule has 35 heavy (non-hydrogen) atoms. The third kappa shape index (κ3) is 4.14. The van der Waals surface area contributed by atoms with E-state index in [1.165, 1.54) is 11.8 Å². The molecule has 10 heteroatoms. The van der Waals surface area contributed by atoms with Crippen LogP contribution in [-0.2, 0) is 4.79 Å². The highest BCUT2D eigenvalue weighted by Crippen LogP contribution is 2.34. The molecular formula is C25H29N7O3. The van der Waals surface area contributed by atoms with Crippen LogP contribution in [0.25, 0.3) is 0 Å². The Morgan fingerprint density at radius 3 is 2.57 bits per heavy atom. The smallest absolute Gasteiger partial charge is 0.289 e. The first kappa shape index (κ1) is 21.7. The summed E-state index contributed by atoms with van der Waals surface area (Å²) in [6.45, 7) is 2.09. The molecule has 2 aromatic rings. The van der Waals surface area contributed by atoms with Gasteiger partial charge in [0.2, 0.25) is 5.91 Å². The molecule has 2 saturated heterocycles. The number of hydrogen-bond donors (Lipinski definition) is 2. The molecule has 2 fully saturated rings. The van der Waals surface area contributed by atoms with Crippen molar-refractivity contribution in [1.82, 2.24) is 30.6 Å². The second-order valence-electron chi connectivity index (χ2n) is 9.26. The highest BCUT2D eigenvalue weighted by Gasteiger charge is 2.44. The molecule has 5 heterocycles. The average molecular weight is 476 g/mol. The number of benzene rings is 1. The predicted octanol–water partition coefficient (Wildman–Crippen LogP) is 1.69. The fourth-order valence-corrected chi connectivity index (χ4v) is 5.31. The fourth-order valence-electron chi connectivity index (χ4n) is 5.31. The number of hydrogen-bond acceptors (Lipinski definition) is 8. The molecule has 0 saturated carbocycles. The average Bonchev–Trinajstić information content (AvgIpc) is 3.67. The molecule has 0 spiro atoms. The lowest BCUT2D eigenvalue weighted by Crippen LogP contribution is -2.54. The van der Waals surface area contributed by atoms with Crippen molar-refractivity contribution in [2.75, 3.05) is 26.2 Å². The summed E-state index contributed by atoms with van der Waals surface area (Å²) >= 11 is 0. The second-order valence-corrected chi connectivity index (χ2v) is 9.26. The third-order valence-electron chi connectivity index (χ3n) is 7.23. The standard InChI is InChI=1S/C25H29N7O3/c33-23(29-10-12-30(13-11-29)25(34)21-7-4-16-35-21)9-8-22-26-27-24-20-17-19(18-5-2-1-3-6-18)28-32(20)15-14-31(22)24/h1-7,14-16,19-20,24,27-28H,8-13,17H2. The van der Waals surface area contributed by atoms with Gasteiger partial charge in [-0.25, -0.2) is 5.43 Å². The SMILES string of the molecule is O=C(CCC1=NNC2C3CC(c4ccccc4)NN3C=CN12)N1CCN(C(=O)c2ccco2)CC1.